The molecule has 0 saturated carbocycles. The van der Waals surface area contributed by atoms with Crippen LogP contribution in [0, 0.1) is 0 Å². The summed E-state index contributed by atoms with van der Waals surface area (Å²) in [5, 5.41) is 0. The van der Waals surface area contributed by atoms with Crippen LogP contribution in [-0.4, -0.2) is 14.9 Å². The third-order valence-electron chi connectivity index (χ3n) is 0.887. The van der Waals surface area contributed by atoms with Gasteiger partial charge in [0.25, 0.3) is 0 Å². The Morgan fingerprint density at radius 2 is 2.25 bits per heavy atom. The van der Waals surface area contributed by atoms with Crippen LogP contribution >= 0.6 is 0 Å². The summed E-state index contributed by atoms with van der Waals surface area (Å²) in [6.45, 7) is 4.34. The van der Waals surface area contributed by atoms with Gasteiger partial charge in [-0.15, -0.1) is 0 Å². The fraction of sp³-hybridized carbons (Fsp3) is 1.00. The molecule has 0 spiro atoms. The topological polar surface area (TPSA) is 26.0 Å². The summed E-state index contributed by atoms with van der Waals surface area (Å²) in [5.74, 6) is 0. The van der Waals surface area contributed by atoms with Gasteiger partial charge in [0, 0.05) is 0 Å². The van der Waals surface area contributed by atoms with E-state index in [1.165, 1.54) is 15.3 Å². The van der Waals surface area contributed by atoms with Crippen LogP contribution in [0.2, 0.25) is 0 Å². The molecular weight excluding hydrogens is 213 g/mol. The van der Waals surface area contributed by atoms with Crippen LogP contribution in [-0.2, 0) is 0 Å². The molecule has 0 amide bonds. The molecule has 0 rings (SSSR count). The van der Waals surface area contributed by atoms with E-state index in [0.29, 0.717) is 27.2 Å². The number of rotatable bonds is 4. The predicted molar refractivity (Wildman–Crippen MR) is 33.7 cm³/mol. The summed E-state index contributed by atoms with van der Waals surface area (Å²) in [4.78, 5) is 0. The molecule has 0 saturated heterocycles. The van der Waals surface area contributed by atoms with Gasteiger partial charge in [-0.05, 0) is 0 Å². The number of halogens is 1. The van der Waals surface area contributed by atoms with Crippen LogP contribution in [0.5, 0.6) is 0 Å². The van der Waals surface area contributed by atoms with Crippen LogP contribution < -0.4 is 26.9 Å². The predicted octanol–water partition coefficient (Wildman–Crippen LogP) is -2.17. The van der Waals surface area contributed by atoms with Crippen molar-refractivity contribution in [2.75, 3.05) is 8.86 Å². The van der Waals surface area contributed by atoms with E-state index < -0.39 is 0 Å². The molecule has 0 aromatic carbocycles. The summed E-state index contributed by atoms with van der Waals surface area (Å²) < 4.78 is 2.82. The molecule has 52 valence electrons. The minimum absolute atomic E-state index is 0.432. The molecule has 1 nitrogen and oxygen atoms in total. The van der Waals surface area contributed by atoms with Crippen LogP contribution in [0.1, 0.15) is 20.3 Å². The van der Waals surface area contributed by atoms with Crippen molar-refractivity contribution in [1.29, 1.82) is 0 Å². The third-order valence-corrected chi connectivity index (χ3v) is 3.35. The molecule has 2 N–H and O–H groups in total. The zero-order valence-corrected chi connectivity index (χ0v) is 7.81. The summed E-state index contributed by atoms with van der Waals surface area (Å²) in [6.07, 6.45) is 1.24. The molecule has 1 atom stereocenters. The summed E-state index contributed by atoms with van der Waals surface area (Å²) in [6, 6.07) is 0.432. The molecule has 1 unspecified atom stereocenters. The number of hydrogen-bond donors (Lipinski definition) is 1. The van der Waals surface area contributed by atoms with Crippen molar-refractivity contribution in [2.45, 2.75) is 26.3 Å². The molecule has 0 aromatic rings. The van der Waals surface area contributed by atoms with E-state index in [0.717, 1.165) is 0 Å². The van der Waals surface area contributed by atoms with Gasteiger partial charge in [-0.25, -0.2) is 0 Å². The van der Waals surface area contributed by atoms with Gasteiger partial charge in [0.15, 0.2) is 0 Å². The summed E-state index contributed by atoms with van der Waals surface area (Å²) in [7, 11) is 0. The Bertz CT molecular complexity index is 45.8. The second-order valence-electron chi connectivity index (χ2n) is 1.91. The molecule has 8 heavy (non-hydrogen) atoms. The number of nitrogens with two attached hydrogens (primary N) is 1. The van der Waals surface area contributed by atoms with Gasteiger partial charge in [-0.3, -0.25) is 0 Å². The molecule has 0 fully saturated rings. The third kappa shape index (κ3) is 6.69. The molecule has 0 aliphatic carbocycles. The van der Waals surface area contributed by atoms with E-state index in [-0.39, 0.29) is 0 Å². The van der Waals surface area contributed by atoms with Gasteiger partial charge in [0.1, 0.15) is 0 Å². The van der Waals surface area contributed by atoms with Crippen molar-refractivity contribution in [1.82, 2.24) is 0 Å². The van der Waals surface area contributed by atoms with Crippen molar-refractivity contribution in [2.24, 2.45) is 5.73 Å². The number of hydrogen-bond acceptors (Lipinski definition) is 1. The van der Waals surface area contributed by atoms with Crippen LogP contribution in [0.4, 0.5) is 0 Å². The first kappa shape index (κ1) is 8.69. The SMILES string of the molecule is CC[I-]CCC(C)N. The van der Waals surface area contributed by atoms with Crippen molar-refractivity contribution in [3.63, 3.8) is 0 Å². The Morgan fingerprint density at radius 3 is 2.62 bits per heavy atom. The second kappa shape index (κ2) is 5.82. The first-order valence-electron chi connectivity index (χ1n) is 3.06. The van der Waals surface area contributed by atoms with Gasteiger partial charge in [-0.1, -0.05) is 0 Å². The zero-order chi connectivity index (χ0) is 6.41. The summed E-state index contributed by atoms with van der Waals surface area (Å²) >= 11 is 0.514. The van der Waals surface area contributed by atoms with Gasteiger partial charge in [0.2, 0.25) is 0 Å². The quantitative estimate of drug-likeness (QED) is 0.331. The Hall–Kier alpha value is 0.690. The van der Waals surface area contributed by atoms with Crippen LogP contribution in [0.3, 0.4) is 0 Å². The Kier molecular flexibility index (Phi) is 6.32. The molecule has 2 heteroatoms. The maximum atomic E-state index is 5.55. The average molecular weight is 228 g/mol. The van der Waals surface area contributed by atoms with Crippen LogP contribution in [0.15, 0.2) is 0 Å². The zero-order valence-electron chi connectivity index (χ0n) is 5.65. The van der Waals surface area contributed by atoms with E-state index in [9.17, 15) is 0 Å². The van der Waals surface area contributed by atoms with Crippen molar-refractivity contribution >= 4 is 0 Å². The standard InChI is InChI=1S/C6H15IN/c1-3-7-5-4-6(2)8/h6H,3-5,8H2,1-2H3/q-1. The Balaban J connectivity index is 2.72. The average Bonchev–Trinajstić information content (AvgIpc) is 1.66. The van der Waals surface area contributed by atoms with E-state index >= 15 is 0 Å². The Morgan fingerprint density at radius 1 is 1.62 bits per heavy atom. The first-order chi connectivity index (χ1) is 3.77. The van der Waals surface area contributed by atoms with Crippen molar-refractivity contribution < 1.29 is 21.2 Å². The van der Waals surface area contributed by atoms with Gasteiger partial charge in [0.05, 0.1) is 0 Å². The molecule has 0 heterocycles. The molecule has 0 bridgehead atoms. The fourth-order valence-corrected chi connectivity index (χ4v) is 2.57. The van der Waals surface area contributed by atoms with E-state index in [1.807, 2.05) is 0 Å². The van der Waals surface area contributed by atoms with Crippen LogP contribution in [0.25, 0.3) is 0 Å². The second-order valence-corrected chi connectivity index (χ2v) is 5.59. The first-order valence-corrected chi connectivity index (χ1v) is 6.11. The number of alkyl halides is 2. The summed E-state index contributed by atoms with van der Waals surface area (Å²) in [5.41, 5.74) is 5.55. The van der Waals surface area contributed by atoms with E-state index in [1.54, 1.807) is 0 Å². The minimum atomic E-state index is 0.432. The molecule has 0 aliphatic heterocycles. The fourth-order valence-electron chi connectivity index (χ4n) is 0.383. The van der Waals surface area contributed by atoms with Crippen molar-refractivity contribution in [3.05, 3.63) is 0 Å². The van der Waals surface area contributed by atoms with Gasteiger partial charge < -0.3 is 0 Å². The molecule has 0 aromatic heterocycles. The maximum absolute atomic E-state index is 5.55. The van der Waals surface area contributed by atoms with Gasteiger partial charge >= 0.3 is 62.1 Å². The molecule has 0 aliphatic rings. The molecule has 0 radical (unpaired) electrons. The normalized spacial score (nSPS) is 14.4. The molecular formula is C6H15IN-. The van der Waals surface area contributed by atoms with E-state index in [2.05, 4.69) is 13.8 Å². The van der Waals surface area contributed by atoms with E-state index in [4.69, 9.17) is 5.73 Å². The monoisotopic (exact) mass is 228 g/mol. The van der Waals surface area contributed by atoms with Crippen molar-refractivity contribution in [3.8, 4) is 0 Å². The van der Waals surface area contributed by atoms with Gasteiger partial charge in [-0.2, -0.15) is 0 Å². The Labute approximate surface area is 62.3 Å².